The maximum Gasteiger partial charge on any atom is 0.179 e. The molecular formula is C21H32ClNO4. The van der Waals surface area contributed by atoms with Gasteiger partial charge in [-0.15, -0.1) is 0 Å². The third-order valence-corrected chi connectivity index (χ3v) is 6.05. The lowest BCUT2D eigenvalue weighted by Gasteiger charge is -2.37. The minimum Gasteiger partial charge on any atom is -0.493 e. The van der Waals surface area contributed by atoms with Gasteiger partial charge in [-0.25, -0.2) is 0 Å². The molecule has 1 aromatic carbocycles. The van der Waals surface area contributed by atoms with Crippen molar-refractivity contribution in [3.8, 4) is 11.5 Å². The molecule has 0 radical (unpaired) electrons. The van der Waals surface area contributed by atoms with E-state index in [2.05, 4.69) is 4.90 Å². The molecule has 2 aliphatic rings. The first-order valence-corrected chi connectivity index (χ1v) is 10.4. The van der Waals surface area contributed by atoms with Gasteiger partial charge in [-0.2, -0.15) is 0 Å². The van der Waals surface area contributed by atoms with Gasteiger partial charge in [0.1, 0.15) is 0 Å². The van der Waals surface area contributed by atoms with E-state index in [0.717, 1.165) is 50.9 Å². The molecule has 3 rings (SSSR count). The molecule has 0 spiro atoms. The zero-order chi connectivity index (χ0) is 19.2. The van der Waals surface area contributed by atoms with Crippen LogP contribution in [0.15, 0.2) is 12.1 Å². The van der Waals surface area contributed by atoms with Gasteiger partial charge in [0.05, 0.1) is 31.5 Å². The zero-order valence-corrected chi connectivity index (χ0v) is 17.2. The number of benzene rings is 1. The van der Waals surface area contributed by atoms with Crippen LogP contribution in [0.25, 0.3) is 0 Å². The Labute approximate surface area is 167 Å². The molecule has 1 saturated carbocycles. The van der Waals surface area contributed by atoms with Gasteiger partial charge in [-0.1, -0.05) is 24.4 Å². The maximum absolute atomic E-state index is 9.85. The summed E-state index contributed by atoms with van der Waals surface area (Å²) >= 11 is 6.29. The predicted molar refractivity (Wildman–Crippen MR) is 107 cm³/mol. The normalized spacial score (nSPS) is 26.3. The summed E-state index contributed by atoms with van der Waals surface area (Å²) in [6.45, 7) is 2.54. The van der Waals surface area contributed by atoms with Crippen LogP contribution >= 0.6 is 11.6 Å². The molecule has 0 aromatic heterocycles. The van der Waals surface area contributed by atoms with Crippen LogP contribution in [0.2, 0.25) is 5.02 Å². The van der Waals surface area contributed by atoms with Crippen LogP contribution in [0.5, 0.6) is 11.5 Å². The average molecular weight is 398 g/mol. The van der Waals surface area contributed by atoms with Crippen molar-refractivity contribution in [1.29, 1.82) is 0 Å². The van der Waals surface area contributed by atoms with Crippen molar-refractivity contribution >= 4 is 11.6 Å². The van der Waals surface area contributed by atoms with Crippen molar-refractivity contribution in [3.05, 3.63) is 22.7 Å². The smallest absolute Gasteiger partial charge is 0.179 e. The molecule has 152 valence electrons. The van der Waals surface area contributed by atoms with E-state index in [1.807, 2.05) is 12.1 Å². The number of aliphatic hydroxyl groups excluding tert-OH is 1. The molecule has 1 aliphatic heterocycles. The zero-order valence-electron chi connectivity index (χ0n) is 16.5. The van der Waals surface area contributed by atoms with Gasteiger partial charge in [-0.3, -0.25) is 4.90 Å². The fourth-order valence-corrected chi connectivity index (χ4v) is 4.70. The van der Waals surface area contributed by atoms with E-state index >= 15 is 0 Å². The summed E-state index contributed by atoms with van der Waals surface area (Å²) in [7, 11) is 3.22. The Morgan fingerprint density at radius 2 is 1.96 bits per heavy atom. The minimum atomic E-state index is -0.164. The van der Waals surface area contributed by atoms with Crippen molar-refractivity contribution in [2.24, 2.45) is 0 Å². The van der Waals surface area contributed by atoms with E-state index in [1.165, 1.54) is 19.3 Å². The topological polar surface area (TPSA) is 51.2 Å². The van der Waals surface area contributed by atoms with Gasteiger partial charge in [0.15, 0.2) is 11.5 Å². The maximum atomic E-state index is 9.85. The monoisotopic (exact) mass is 397 g/mol. The first kappa shape index (κ1) is 20.7. The number of nitrogens with zero attached hydrogens (tertiary/aromatic N) is 1. The van der Waals surface area contributed by atoms with Crippen molar-refractivity contribution in [1.82, 2.24) is 4.90 Å². The Hall–Kier alpha value is -1.01. The lowest BCUT2D eigenvalue weighted by molar-refractivity contribution is -0.0333. The molecule has 0 amide bonds. The van der Waals surface area contributed by atoms with Crippen LogP contribution in [0.4, 0.5) is 0 Å². The minimum absolute atomic E-state index is 0.164. The van der Waals surface area contributed by atoms with Crippen LogP contribution in [0, 0.1) is 0 Å². The summed E-state index contributed by atoms with van der Waals surface area (Å²) < 4.78 is 16.9. The van der Waals surface area contributed by atoms with Gasteiger partial charge in [0.2, 0.25) is 0 Å². The Bertz CT molecular complexity index is 612. The summed E-state index contributed by atoms with van der Waals surface area (Å²) in [5, 5.41) is 10.4. The average Bonchev–Trinajstić information content (AvgIpc) is 3.11. The van der Waals surface area contributed by atoms with E-state index in [-0.39, 0.29) is 12.2 Å². The van der Waals surface area contributed by atoms with E-state index in [0.29, 0.717) is 22.6 Å². The molecule has 6 heteroatoms. The number of hydrogen-bond donors (Lipinski definition) is 1. The molecule has 1 N–H and O–H groups in total. The summed E-state index contributed by atoms with van der Waals surface area (Å²) in [5.74, 6) is 1.25. The van der Waals surface area contributed by atoms with Gasteiger partial charge >= 0.3 is 0 Å². The van der Waals surface area contributed by atoms with Crippen LogP contribution in [0.1, 0.15) is 44.1 Å². The number of hydrogen-bond acceptors (Lipinski definition) is 5. The number of aryl methyl sites for hydroxylation is 1. The van der Waals surface area contributed by atoms with Crippen molar-refractivity contribution in [2.75, 3.05) is 33.9 Å². The summed E-state index contributed by atoms with van der Waals surface area (Å²) in [5.41, 5.74) is 1.13. The van der Waals surface area contributed by atoms with Crippen molar-refractivity contribution in [3.63, 3.8) is 0 Å². The number of aliphatic hydroxyl groups is 1. The molecule has 1 saturated heterocycles. The SMILES string of the molecule is COc1cc(CCCOC2CCCCC2N2CC[C@@H](O)C2)cc(Cl)c1OC. The Morgan fingerprint density at radius 3 is 2.67 bits per heavy atom. The third-order valence-electron chi connectivity index (χ3n) is 5.77. The lowest BCUT2D eigenvalue weighted by atomic mass is 9.91. The van der Waals surface area contributed by atoms with Crippen LogP contribution in [-0.2, 0) is 11.2 Å². The Balaban J connectivity index is 1.49. The molecule has 5 nitrogen and oxygen atoms in total. The van der Waals surface area contributed by atoms with E-state index < -0.39 is 0 Å². The molecule has 3 atom stereocenters. The second kappa shape index (κ2) is 9.97. The first-order valence-electron chi connectivity index (χ1n) is 10.1. The number of ether oxygens (including phenoxy) is 3. The summed E-state index contributed by atoms with van der Waals surface area (Å²) in [6.07, 6.45) is 7.66. The van der Waals surface area contributed by atoms with E-state index in [4.69, 9.17) is 25.8 Å². The van der Waals surface area contributed by atoms with E-state index in [9.17, 15) is 5.11 Å². The molecule has 0 bridgehead atoms. The largest absolute Gasteiger partial charge is 0.493 e. The fourth-order valence-electron chi connectivity index (χ4n) is 4.39. The molecule has 2 fully saturated rings. The lowest BCUT2D eigenvalue weighted by Crippen LogP contribution is -2.46. The highest BCUT2D eigenvalue weighted by atomic mass is 35.5. The van der Waals surface area contributed by atoms with Crippen LogP contribution < -0.4 is 9.47 Å². The highest BCUT2D eigenvalue weighted by Crippen LogP contribution is 2.36. The van der Waals surface area contributed by atoms with Gasteiger partial charge in [0, 0.05) is 25.7 Å². The molecule has 27 heavy (non-hydrogen) atoms. The molecule has 1 heterocycles. The van der Waals surface area contributed by atoms with Gasteiger partial charge in [-0.05, 0) is 49.8 Å². The highest BCUT2D eigenvalue weighted by Gasteiger charge is 2.34. The van der Waals surface area contributed by atoms with Gasteiger partial charge in [0.25, 0.3) is 0 Å². The third kappa shape index (κ3) is 5.29. The predicted octanol–water partition coefficient (Wildman–Crippen LogP) is 3.68. The van der Waals surface area contributed by atoms with Crippen molar-refractivity contribution in [2.45, 2.75) is 63.2 Å². The number of β-amino-alcohol motifs (C(OH)–C–C–N with tert-alkyl or cyclic N) is 1. The van der Waals surface area contributed by atoms with Crippen LogP contribution in [0.3, 0.4) is 0 Å². The van der Waals surface area contributed by atoms with E-state index in [1.54, 1.807) is 14.2 Å². The Kier molecular flexibility index (Phi) is 7.65. The Morgan fingerprint density at radius 1 is 1.15 bits per heavy atom. The fraction of sp³-hybridized carbons (Fsp3) is 0.714. The molecule has 2 unspecified atom stereocenters. The molecular weight excluding hydrogens is 366 g/mol. The summed E-state index contributed by atoms with van der Waals surface area (Å²) in [6, 6.07) is 4.39. The summed E-state index contributed by atoms with van der Waals surface area (Å²) in [4.78, 5) is 2.43. The van der Waals surface area contributed by atoms with Gasteiger partial charge < -0.3 is 19.3 Å². The second-order valence-corrected chi connectivity index (χ2v) is 8.02. The van der Waals surface area contributed by atoms with Crippen molar-refractivity contribution < 1.29 is 19.3 Å². The first-order chi connectivity index (χ1) is 13.1. The molecule has 1 aromatic rings. The standard InChI is InChI=1S/C21H32ClNO4/c1-25-20-13-15(12-17(22)21(20)26-2)6-5-11-27-19-8-4-3-7-18(19)23-10-9-16(24)14-23/h12-13,16,18-19,24H,3-11,14H2,1-2H3/t16-,18?,19?/m1/s1. The second-order valence-electron chi connectivity index (χ2n) is 7.62. The molecule has 1 aliphatic carbocycles. The highest BCUT2D eigenvalue weighted by molar-refractivity contribution is 6.32. The quantitative estimate of drug-likeness (QED) is 0.678. The number of likely N-dealkylation sites (tertiary alicyclic amines) is 1. The number of halogens is 1. The number of methoxy groups -OCH3 is 2. The number of rotatable bonds is 8. The van der Waals surface area contributed by atoms with Crippen LogP contribution in [-0.4, -0.2) is 62.2 Å².